The van der Waals surface area contributed by atoms with Gasteiger partial charge in [-0.3, -0.25) is 0 Å². The Labute approximate surface area is 185 Å². The van der Waals surface area contributed by atoms with Gasteiger partial charge in [-0.1, -0.05) is 23.7 Å². The average molecular weight is 521 g/mol. The molecule has 2 heterocycles. The van der Waals surface area contributed by atoms with Crippen molar-refractivity contribution in [2.24, 2.45) is 0 Å². The Morgan fingerprint density at radius 1 is 1.10 bits per heavy atom. The molecule has 0 spiro atoms. The first-order valence-corrected chi connectivity index (χ1v) is 12.0. The van der Waals surface area contributed by atoms with Gasteiger partial charge in [0.1, 0.15) is 5.01 Å². The molecule has 31 heavy (non-hydrogen) atoms. The number of hydrogen-bond acceptors (Lipinski definition) is 6. The van der Waals surface area contributed by atoms with Crippen LogP contribution in [0.25, 0.3) is 21.1 Å². The summed E-state index contributed by atoms with van der Waals surface area (Å²) >= 11 is 8.40. The molecule has 0 aliphatic heterocycles. The molecule has 168 valence electrons. The van der Waals surface area contributed by atoms with E-state index in [0.717, 1.165) is 17.4 Å². The summed E-state index contributed by atoms with van der Waals surface area (Å²) in [5.41, 5.74) is -4.73. The molecule has 0 saturated carbocycles. The van der Waals surface area contributed by atoms with E-state index in [1.807, 2.05) is 0 Å². The molecule has 0 radical (unpaired) electrons. The molecule has 1 aromatic carbocycles. The van der Waals surface area contributed by atoms with Crippen molar-refractivity contribution in [2.75, 3.05) is 0 Å². The lowest BCUT2D eigenvalue weighted by atomic mass is 10.1. The number of alkyl halides is 6. The topological polar surface area (TPSA) is 59.9 Å². The monoisotopic (exact) mass is 520 g/mol. The molecule has 0 bridgehead atoms. The molecule has 14 heteroatoms. The van der Waals surface area contributed by atoms with Gasteiger partial charge < -0.3 is 0 Å². The number of rotatable bonds is 6. The van der Waals surface area contributed by atoms with E-state index in [-0.39, 0.29) is 17.0 Å². The number of sulfone groups is 1. The molecule has 3 aromatic rings. The van der Waals surface area contributed by atoms with Crippen LogP contribution in [0.3, 0.4) is 0 Å². The number of nitrogens with zero attached hydrogens (tertiary/aromatic N) is 2. The van der Waals surface area contributed by atoms with Gasteiger partial charge in [-0.05, 0) is 11.6 Å². The van der Waals surface area contributed by atoms with Gasteiger partial charge in [0, 0.05) is 30.0 Å². The molecule has 3 rings (SSSR count). The van der Waals surface area contributed by atoms with Crippen LogP contribution < -0.4 is 0 Å². The van der Waals surface area contributed by atoms with E-state index in [4.69, 9.17) is 11.6 Å². The molecule has 0 atom stereocenters. The summed E-state index contributed by atoms with van der Waals surface area (Å²) in [7, 11) is -5.34. The Morgan fingerprint density at radius 2 is 1.81 bits per heavy atom. The van der Waals surface area contributed by atoms with E-state index in [0.29, 0.717) is 26.1 Å². The average Bonchev–Trinajstić information content (AvgIpc) is 3.27. The first-order chi connectivity index (χ1) is 14.2. The lowest BCUT2D eigenvalue weighted by Crippen LogP contribution is -2.24. The number of hydrogen-bond donors (Lipinski definition) is 0. The number of aromatic nitrogens is 2. The normalized spacial score (nSPS) is 13.0. The summed E-state index contributed by atoms with van der Waals surface area (Å²) in [5, 5.41) is 2.45. The third-order valence-electron chi connectivity index (χ3n) is 3.91. The van der Waals surface area contributed by atoms with Crippen molar-refractivity contribution in [3.8, 4) is 21.1 Å². The van der Waals surface area contributed by atoms with Crippen LogP contribution in [0.1, 0.15) is 17.0 Å². The molecule has 2 aromatic heterocycles. The zero-order chi connectivity index (χ0) is 23.0. The predicted octanol–water partition coefficient (Wildman–Crippen LogP) is 6.52. The second-order valence-electron chi connectivity index (χ2n) is 6.29. The van der Waals surface area contributed by atoms with Gasteiger partial charge in [0.15, 0.2) is 0 Å². The first-order valence-electron chi connectivity index (χ1n) is 8.30. The van der Waals surface area contributed by atoms with Gasteiger partial charge in [-0.15, -0.1) is 22.7 Å². The standard InChI is InChI=1S/C17H11ClF6N2O2S3/c18-11-5-9(8-31(27,28)17(22,23)24)1-2-10(11)12-7-29-15(26-12)13-6-25-14(30-13)3-4-16(19,20)21/h1-2,5-7H,3-4,8H2. The van der Waals surface area contributed by atoms with E-state index in [9.17, 15) is 34.8 Å². The molecule has 0 aliphatic carbocycles. The first kappa shape index (κ1) is 24.0. The Kier molecular flexibility index (Phi) is 6.71. The quantitative estimate of drug-likeness (QED) is 0.347. The van der Waals surface area contributed by atoms with E-state index < -0.39 is 33.7 Å². The molecule has 0 aliphatic rings. The smallest absolute Gasteiger partial charge is 0.249 e. The second kappa shape index (κ2) is 8.68. The zero-order valence-corrected chi connectivity index (χ0v) is 18.3. The Bertz CT molecular complexity index is 1190. The van der Waals surface area contributed by atoms with Crippen LogP contribution in [0, 0.1) is 0 Å². The Balaban J connectivity index is 1.78. The molecule has 4 nitrogen and oxygen atoms in total. The van der Waals surface area contributed by atoms with Gasteiger partial charge in [0.2, 0.25) is 0 Å². The lowest BCUT2D eigenvalue weighted by molar-refractivity contribution is -0.134. The number of aryl methyl sites for hydroxylation is 1. The molecular formula is C17H11ClF6N2O2S3. The highest BCUT2D eigenvalue weighted by atomic mass is 35.5. The molecular weight excluding hydrogens is 510 g/mol. The Hall–Kier alpha value is -1.70. The summed E-state index contributed by atoms with van der Waals surface area (Å²) in [6.07, 6.45) is -4.07. The highest BCUT2D eigenvalue weighted by molar-refractivity contribution is 7.91. The van der Waals surface area contributed by atoms with Crippen molar-refractivity contribution >= 4 is 44.1 Å². The minimum Gasteiger partial charge on any atom is -0.249 e. The number of benzene rings is 1. The molecule has 0 amide bonds. The van der Waals surface area contributed by atoms with Gasteiger partial charge in [0.05, 0.1) is 26.4 Å². The summed E-state index contributed by atoms with van der Waals surface area (Å²) in [6.45, 7) is 0. The summed E-state index contributed by atoms with van der Waals surface area (Å²) in [5.74, 6) is -1.24. The van der Waals surface area contributed by atoms with Crippen molar-refractivity contribution in [1.29, 1.82) is 0 Å². The highest BCUT2D eigenvalue weighted by Crippen LogP contribution is 2.36. The summed E-state index contributed by atoms with van der Waals surface area (Å²) in [4.78, 5) is 8.90. The second-order valence-corrected chi connectivity index (χ2v) is 10.7. The van der Waals surface area contributed by atoms with Crippen LogP contribution >= 0.6 is 34.3 Å². The minimum absolute atomic E-state index is 0.0156. The van der Waals surface area contributed by atoms with Crippen molar-refractivity contribution < 1.29 is 34.8 Å². The molecule has 0 saturated heterocycles. The van der Waals surface area contributed by atoms with Crippen molar-refractivity contribution in [3.05, 3.63) is 45.4 Å². The van der Waals surface area contributed by atoms with Gasteiger partial charge >= 0.3 is 11.7 Å². The van der Waals surface area contributed by atoms with Crippen LogP contribution in [0.5, 0.6) is 0 Å². The fraction of sp³-hybridized carbons (Fsp3) is 0.294. The fourth-order valence-corrected chi connectivity index (χ4v) is 5.32. The van der Waals surface area contributed by atoms with E-state index >= 15 is 0 Å². The largest absolute Gasteiger partial charge is 0.497 e. The summed E-state index contributed by atoms with van der Waals surface area (Å²) in [6, 6.07) is 3.70. The maximum Gasteiger partial charge on any atom is 0.497 e. The zero-order valence-electron chi connectivity index (χ0n) is 15.1. The minimum atomic E-state index is -5.37. The predicted molar refractivity (Wildman–Crippen MR) is 107 cm³/mol. The van der Waals surface area contributed by atoms with Crippen molar-refractivity contribution in [3.63, 3.8) is 0 Å². The van der Waals surface area contributed by atoms with Crippen LogP contribution in [0.15, 0.2) is 29.8 Å². The molecule has 0 fully saturated rings. The van der Waals surface area contributed by atoms with E-state index in [1.54, 1.807) is 5.38 Å². The number of thiazole rings is 2. The Morgan fingerprint density at radius 3 is 2.42 bits per heavy atom. The maximum atomic E-state index is 12.5. The van der Waals surface area contributed by atoms with Crippen LogP contribution in [-0.2, 0) is 22.0 Å². The van der Waals surface area contributed by atoms with Crippen LogP contribution in [0.4, 0.5) is 26.3 Å². The van der Waals surface area contributed by atoms with Crippen molar-refractivity contribution in [2.45, 2.75) is 30.3 Å². The molecule has 0 N–H and O–H groups in total. The fourth-order valence-electron chi connectivity index (χ4n) is 2.44. The van der Waals surface area contributed by atoms with Gasteiger partial charge in [0.25, 0.3) is 9.84 Å². The molecule has 0 unspecified atom stereocenters. The SMILES string of the molecule is O=S(=O)(Cc1ccc(-c2csc(-c3cnc(CCC(F)(F)F)s3)n2)c(Cl)c1)C(F)(F)F. The summed E-state index contributed by atoms with van der Waals surface area (Å²) < 4.78 is 97.3. The van der Waals surface area contributed by atoms with Crippen LogP contribution in [-0.4, -0.2) is 30.1 Å². The van der Waals surface area contributed by atoms with Gasteiger partial charge in [-0.25, -0.2) is 18.4 Å². The van der Waals surface area contributed by atoms with E-state index in [2.05, 4.69) is 9.97 Å². The number of halogens is 7. The van der Waals surface area contributed by atoms with Crippen molar-refractivity contribution in [1.82, 2.24) is 9.97 Å². The van der Waals surface area contributed by atoms with Crippen LogP contribution in [0.2, 0.25) is 5.02 Å². The lowest BCUT2D eigenvalue weighted by Gasteiger charge is -2.09. The third-order valence-corrected chi connectivity index (χ3v) is 7.71. The van der Waals surface area contributed by atoms with Gasteiger partial charge in [-0.2, -0.15) is 26.3 Å². The maximum absolute atomic E-state index is 12.5. The van der Waals surface area contributed by atoms with E-state index in [1.165, 1.54) is 29.7 Å². The third kappa shape index (κ3) is 5.96. The highest BCUT2D eigenvalue weighted by Gasteiger charge is 2.45.